The molecule has 0 bridgehead atoms. The summed E-state index contributed by atoms with van der Waals surface area (Å²) in [5, 5.41) is 10.0. The molecule has 71 heavy (non-hydrogen) atoms. The van der Waals surface area contributed by atoms with E-state index in [1.165, 1.54) is 13.3 Å². The molecule has 1 aliphatic heterocycles. The number of nitrogens with zero attached hydrogens (tertiary/aromatic N) is 2. The van der Waals surface area contributed by atoms with E-state index in [1.54, 1.807) is 72.7 Å². The number of halogens is 6. The minimum atomic E-state index is -4.88. The molecule has 1 saturated heterocycles. The molecule has 1 aromatic carbocycles. The van der Waals surface area contributed by atoms with E-state index in [9.17, 15) is 63.5 Å². The van der Waals surface area contributed by atoms with Crippen LogP contribution in [0.3, 0.4) is 0 Å². The van der Waals surface area contributed by atoms with Crippen molar-refractivity contribution in [1.29, 1.82) is 0 Å². The van der Waals surface area contributed by atoms with E-state index in [1.807, 2.05) is 4.72 Å². The number of ether oxygens (including phenoxy) is 4. The van der Waals surface area contributed by atoms with Gasteiger partial charge < -0.3 is 29.0 Å². The van der Waals surface area contributed by atoms with Crippen molar-refractivity contribution in [3.8, 4) is 11.6 Å². The normalized spacial score (nSPS) is 22.2. The number of pyridine rings is 1. The molecule has 8 atom stereocenters. The summed E-state index contributed by atoms with van der Waals surface area (Å²) in [5.41, 5.74) is -3.34. The van der Waals surface area contributed by atoms with Gasteiger partial charge >= 0.3 is 40.6 Å². The Morgan fingerprint density at radius 3 is 1.89 bits per heavy atom. The lowest BCUT2D eigenvalue weighted by Crippen LogP contribution is -2.49. The molecule has 3 fully saturated rings. The van der Waals surface area contributed by atoms with Gasteiger partial charge in [0, 0.05) is 24.4 Å². The van der Waals surface area contributed by atoms with E-state index in [-0.39, 0.29) is 31.2 Å². The quantitative estimate of drug-likeness (QED) is 0.102. The Bertz CT molecular complexity index is 2400. The van der Waals surface area contributed by atoms with Crippen LogP contribution in [-0.4, -0.2) is 114 Å². The maximum absolute atomic E-state index is 14.3. The van der Waals surface area contributed by atoms with Crippen molar-refractivity contribution in [3.63, 3.8) is 0 Å². The Hall–Kier alpha value is -5.26. The van der Waals surface area contributed by atoms with Gasteiger partial charge in [-0.05, 0) is 96.4 Å². The number of carboxylic acid groups (broad SMARTS) is 1. The van der Waals surface area contributed by atoms with E-state index in [0.717, 1.165) is 18.7 Å². The molecular formula is C47H63F6N3O14S. The molecule has 2 heterocycles. The fourth-order valence-electron chi connectivity index (χ4n) is 8.19. The van der Waals surface area contributed by atoms with Crippen molar-refractivity contribution in [2.24, 2.45) is 35.0 Å². The molecule has 17 nitrogen and oxygen atoms in total. The number of aliphatic carboxylic acids is 1. The molecule has 2 aromatic rings. The van der Waals surface area contributed by atoms with E-state index in [4.69, 9.17) is 28.2 Å². The minimum Gasteiger partial charge on any atom is -0.497 e. The zero-order chi connectivity index (χ0) is 53.8. The Balaban J connectivity index is 0.000000516. The molecule has 1 aromatic heterocycles. The van der Waals surface area contributed by atoms with Crippen molar-refractivity contribution in [2.75, 3.05) is 13.7 Å². The van der Waals surface area contributed by atoms with Crippen LogP contribution < -0.4 is 14.2 Å². The number of amides is 2. The highest BCUT2D eigenvalue weighted by Crippen LogP contribution is 2.58. The number of carbonyl (C=O) groups excluding carboxylic acids is 5. The van der Waals surface area contributed by atoms with Gasteiger partial charge in [0.25, 0.3) is 0 Å². The van der Waals surface area contributed by atoms with E-state index in [2.05, 4.69) is 4.98 Å². The summed E-state index contributed by atoms with van der Waals surface area (Å²) in [6.45, 7) is 12.3. The van der Waals surface area contributed by atoms with Gasteiger partial charge in [0.15, 0.2) is 5.78 Å². The lowest BCUT2D eigenvalue weighted by molar-refractivity contribution is -0.195. The first-order valence-corrected chi connectivity index (χ1v) is 24.4. The number of nitrogens with one attached hydrogen (secondary N) is 1. The number of hydrogen-bond acceptors (Lipinski definition) is 14. The SMILES string of the molecule is CC([C@H](CC(=O)OC(C)(C)C)C(=O)O)C(F)(F)F.CC[C@@H]1C[C@]1(CC(=O)[C@@H]1C[C@@H](Oc2nccc3cc(OC)ccc23)CN1C(=O)[C@@H](CC(=O)OC(C)(C)C)C(C)C(F)(F)F)C(=O)NS(=O)(=O)OC1CC1. The van der Waals surface area contributed by atoms with E-state index in [0.29, 0.717) is 35.8 Å². The monoisotopic (exact) mass is 1040 g/mol. The Morgan fingerprint density at radius 2 is 1.41 bits per heavy atom. The number of aromatic nitrogens is 1. The predicted octanol–water partition coefficient (Wildman–Crippen LogP) is 7.67. The summed E-state index contributed by atoms with van der Waals surface area (Å²) in [6, 6.07) is 5.50. The maximum atomic E-state index is 14.3. The number of benzene rings is 1. The van der Waals surface area contributed by atoms with Gasteiger partial charge in [0.2, 0.25) is 17.7 Å². The number of likely N-dealkylation sites (tertiary alicyclic amines) is 1. The van der Waals surface area contributed by atoms with Crippen molar-refractivity contribution in [2.45, 2.75) is 155 Å². The molecule has 2 N–H and O–H groups in total. The molecular weight excluding hydrogens is 977 g/mol. The van der Waals surface area contributed by atoms with Gasteiger partial charge in [-0.3, -0.25) is 33.0 Å². The molecule has 5 rings (SSSR count). The van der Waals surface area contributed by atoms with Gasteiger partial charge in [-0.2, -0.15) is 34.8 Å². The molecule has 2 saturated carbocycles. The summed E-state index contributed by atoms with van der Waals surface area (Å²) in [7, 11) is -2.95. The molecule has 2 aliphatic carbocycles. The second-order valence-electron chi connectivity index (χ2n) is 20.3. The van der Waals surface area contributed by atoms with Crippen LogP contribution in [0.1, 0.15) is 114 Å². The van der Waals surface area contributed by atoms with E-state index >= 15 is 0 Å². The van der Waals surface area contributed by atoms with Gasteiger partial charge in [-0.15, -0.1) is 0 Å². The summed E-state index contributed by atoms with van der Waals surface area (Å²) in [6.07, 6.45) is -10.2. The molecule has 0 spiro atoms. The van der Waals surface area contributed by atoms with Crippen molar-refractivity contribution in [1.82, 2.24) is 14.6 Å². The van der Waals surface area contributed by atoms with Crippen LogP contribution >= 0.6 is 0 Å². The van der Waals surface area contributed by atoms with Crippen LogP contribution in [0.4, 0.5) is 26.3 Å². The largest absolute Gasteiger partial charge is 0.497 e. The summed E-state index contributed by atoms with van der Waals surface area (Å²) >= 11 is 0. The minimum absolute atomic E-state index is 0.148. The van der Waals surface area contributed by atoms with Gasteiger partial charge in [-0.25, -0.2) is 9.71 Å². The van der Waals surface area contributed by atoms with Crippen LogP contribution in [0, 0.1) is 35.0 Å². The molecule has 0 radical (unpaired) electrons. The lowest BCUT2D eigenvalue weighted by Gasteiger charge is -2.32. The van der Waals surface area contributed by atoms with Crippen LogP contribution in [0.2, 0.25) is 0 Å². The van der Waals surface area contributed by atoms with Crippen LogP contribution in [0.15, 0.2) is 30.5 Å². The van der Waals surface area contributed by atoms with Crippen molar-refractivity contribution < 1.29 is 91.8 Å². The fraction of sp³-hybridized carbons (Fsp3) is 0.681. The second-order valence-corrected chi connectivity index (χ2v) is 21.6. The summed E-state index contributed by atoms with van der Waals surface area (Å²) < 4.78 is 134. The lowest BCUT2D eigenvalue weighted by atomic mass is 9.87. The molecule has 398 valence electrons. The average molecular weight is 1040 g/mol. The second kappa shape index (κ2) is 22.2. The number of rotatable bonds is 19. The smallest absolute Gasteiger partial charge is 0.392 e. The van der Waals surface area contributed by atoms with Crippen molar-refractivity contribution >= 4 is 56.6 Å². The highest BCUT2D eigenvalue weighted by atomic mass is 32.2. The Morgan fingerprint density at radius 1 is 0.859 bits per heavy atom. The van der Waals surface area contributed by atoms with Crippen LogP contribution in [0.25, 0.3) is 10.8 Å². The summed E-state index contributed by atoms with van der Waals surface area (Å²) in [4.78, 5) is 82.3. The van der Waals surface area contributed by atoms with Crippen LogP contribution in [0.5, 0.6) is 11.6 Å². The standard InChI is InChI=1S/C36H46F3N3O10S.C11H17F3O4/c1-7-22-17-35(22,33(46)41-53(47,48)52-23-8-9-23)18-29(43)28-15-25(50-31-26-11-10-24(49-6)14-21(26)12-13-40-31)19-42(28)32(45)27(20(2)36(37,38)39)16-30(44)51-34(3,4)5;1-6(11(12,13)14)7(9(16)17)5-8(15)18-10(2,3)4/h10-14,20,22-23,25,27-28H,7-9,15-19H2,1-6H3,(H,41,46);6-7H,5H2,1-4H3,(H,16,17)/t20?,22-,25-,27+,28+,35-;6?,7-/m10/s1. The molecule has 3 aliphatic rings. The van der Waals surface area contributed by atoms with Gasteiger partial charge in [-0.1, -0.05) is 27.2 Å². The van der Waals surface area contributed by atoms with E-state index < -0.39 is 136 Å². The number of alkyl halides is 6. The van der Waals surface area contributed by atoms with Gasteiger partial charge in [0.1, 0.15) is 23.1 Å². The predicted molar refractivity (Wildman–Crippen MR) is 240 cm³/mol. The average Bonchev–Trinajstić information content (AvgIpc) is 4.14. The first-order valence-electron chi connectivity index (χ1n) is 23.0. The number of carbonyl (C=O) groups is 6. The number of hydrogen-bond donors (Lipinski definition) is 2. The summed E-state index contributed by atoms with van der Waals surface area (Å²) in [5.74, 6) is -14.2. The zero-order valence-electron chi connectivity index (χ0n) is 41.2. The third kappa shape index (κ3) is 16.4. The third-order valence-electron chi connectivity index (χ3n) is 12.3. The molecule has 2 amide bonds. The Labute approximate surface area is 408 Å². The highest BCUT2D eigenvalue weighted by Gasteiger charge is 2.62. The number of ketones is 1. The Kier molecular flexibility index (Phi) is 18.3. The number of Topliss-reactive ketones (excluding diaryl/α,β-unsaturated/α-hetero) is 1. The van der Waals surface area contributed by atoms with Crippen molar-refractivity contribution in [3.05, 3.63) is 30.5 Å². The molecule has 2 unspecified atom stereocenters. The number of methoxy groups -OCH3 is 1. The fourth-order valence-corrected chi connectivity index (χ4v) is 9.22. The van der Waals surface area contributed by atoms with Crippen LogP contribution in [-0.2, 0) is 52.7 Å². The zero-order valence-corrected chi connectivity index (χ0v) is 42.0. The first-order chi connectivity index (χ1) is 32.5. The number of esters is 2. The number of fused-ring (bicyclic) bond motifs is 1. The highest BCUT2D eigenvalue weighted by molar-refractivity contribution is 7.85. The first kappa shape index (κ1) is 58.3. The maximum Gasteiger partial charge on any atom is 0.392 e. The van der Waals surface area contributed by atoms with Gasteiger partial charge in [0.05, 0.1) is 67.7 Å². The topological polar surface area (TPSA) is 231 Å². The third-order valence-corrected chi connectivity index (χ3v) is 13.3. The number of carboxylic acids is 1. The molecule has 24 heteroatoms.